The van der Waals surface area contributed by atoms with E-state index in [0.717, 1.165) is 11.4 Å². The molecule has 0 saturated carbocycles. The van der Waals surface area contributed by atoms with E-state index in [2.05, 4.69) is 25.6 Å². The normalized spacial score (nSPS) is 17.9. The number of pyridine rings is 1. The van der Waals surface area contributed by atoms with Gasteiger partial charge >= 0.3 is 0 Å². The molecule has 176 valence electrons. The highest BCUT2D eigenvalue weighted by Gasteiger charge is 2.28. The number of amides is 2. The van der Waals surface area contributed by atoms with E-state index >= 15 is 0 Å². The summed E-state index contributed by atoms with van der Waals surface area (Å²) in [6.45, 7) is 5.35. The van der Waals surface area contributed by atoms with E-state index in [1.54, 1.807) is 28.2 Å². The van der Waals surface area contributed by atoms with Crippen molar-refractivity contribution >= 4 is 29.7 Å². The Morgan fingerprint density at radius 2 is 2.00 bits per heavy atom. The lowest BCUT2D eigenvalue weighted by molar-refractivity contribution is -0.119. The summed E-state index contributed by atoms with van der Waals surface area (Å²) in [4.78, 5) is 37.4. The molecule has 2 aromatic heterocycles. The molecule has 0 radical (unpaired) electrons. The molecule has 2 aromatic rings. The molecular weight excluding hydrogens is 436 g/mol. The van der Waals surface area contributed by atoms with Crippen LogP contribution in [0.2, 0.25) is 0 Å². The van der Waals surface area contributed by atoms with E-state index in [1.165, 1.54) is 0 Å². The van der Waals surface area contributed by atoms with Crippen LogP contribution in [0.4, 0.5) is 11.6 Å². The second kappa shape index (κ2) is 9.08. The fourth-order valence-corrected chi connectivity index (χ4v) is 4.07. The summed E-state index contributed by atoms with van der Waals surface area (Å²) in [5.74, 6) is 1.81. The summed E-state index contributed by atoms with van der Waals surface area (Å²) in [7, 11) is 0. The molecule has 1 saturated heterocycles. The second-order valence-electron chi connectivity index (χ2n) is 8.30. The van der Waals surface area contributed by atoms with Crippen molar-refractivity contribution in [3.8, 4) is 5.82 Å². The smallest absolute Gasteiger partial charge is 0.257 e. The quantitative estimate of drug-likeness (QED) is 0.535. The lowest BCUT2D eigenvalue weighted by atomic mass is 10.2. The Morgan fingerprint density at radius 3 is 2.74 bits per heavy atom. The Bertz CT molecular complexity index is 1190. The van der Waals surface area contributed by atoms with E-state index in [9.17, 15) is 9.59 Å². The van der Waals surface area contributed by atoms with Gasteiger partial charge in [-0.1, -0.05) is 6.07 Å². The highest BCUT2D eigenvalue weighted by atomic mass is 16.2. The minimum atomic E-state index is -0.332. The Balaban J connectivity index is 1.41. The van der Waals surface area contributed by atoms with Gasteiger partial charge in [0.25, 0.3) is 5.91 Å². The number of anilines is 2. The number of fused-ring (bicyclic) bond motifs is 1. The molecule has 1 fully saturated rings. The number of aryl methyl sites for hydroxylation is 1. The number of aromatic nitrogens is 3. The number of hydrogen-bond donors (Lipinski definition) is 3. The number of hydrazine groups is 1. The maximum Gasteiger partial charge on any atom is 0.257 e. The average Bonchev–Trinajstić information content (AvgIpc) is 3.44. The maximum atomic E-state index is 13.2. The molecule has 12 heteroatoms. The van der Waals surface area contributed by atoms with Crippen molar-refractivity contribution in [2.45, 2.75) is 6.92 Å². The molecular formula is C22H26N10O2. The van der Waals surface area contributed by atoms with Gasteiger partial charge in [0.1, 0.15) is 5.82 Å². The molecule has 3 aliphatic rings. The van der Waals surface area contributed by atoms with Gasteiger partial charge in [0, 0.05) is 57.4 Å². The average molecular weight is 463 g/mol. The predicted octanol–water partition coefficient (Wildman–Crippen LogP) is -0.249. The summed E-state index contributed by atoms with van der Waals surface area (Å²) in [5, 5.41) is 9.47. The van der Waals surface area contributed by atoms with Gasteiger partial charge in [-0.15, -0.1) is 5.10 Å². The van der Waals surface area contributed by atoms with E-state index in [1.807, 2.05) is 36.2 Å². The molecule has 0 bridgehead atoms. The number of hydrogen-bond acceptors (Lipinski definition) is 9. The monoisotopic (exact) mass is 462 g/mol. The number of nitrogens with two attached hydrogens (primary N) is 1. The van der Waals surface area contributed by atoms with Crippen LogP contribution >= 0.6 is 0 Å². The van der Waals surface area contributed by atoms with Crippen LogP contribution in [-0.4, -0.2) is 82.0 Å². The van der Waals surface area contributed by atoms with Crippen molar-refractivity contribution in [2.24, 2.45) is 10.7 Å². The second-order valence-corrected chi connectivity index (χ2v) is 8.30. The van der Waals surface area contributed by atoms with Crippen LogP contribution in [0.15, 0.2) is 53.1 Å². The Labute approximate surface area is 196 Å². The fraction of sp³-hybridized carbons (Fsp3) is 0.318. The van der Waals surface area contributed by atoms with Crippen molar-refractivity contribution in [3.05, 3.63) is 53.6 Å². The Kier molecular flexibility index (Phi) is 5.82. The van der Waals surface area contributed by atoms with Crippen molar-refractivity contribution in [2.75, 3.05) is 49.5 Å². The molecule has 0 atom stereocenters. The van der Waals surface area contributed by atoms with Crippen LogP contribution in [0.1, 0.15) is 5.56 Å². The molecule has 2 amide bonds. The largest absolute Gasteiger partial charge is 0.369 e. The number of piperazine rings is 1. The van der Waals surface area contributed by atoms with Crippen LogP contribution in [0.5, 0.6) is 0 Å². The third-order valence-electron chi connectivity index (χ3n) is 5.84. The summed E-state index contributed by atoms with van der Waals surface area (Å²) in [5.41, 5.74) is 10.0. The molecule has 3 aliphatic heterocycles. The number of carbonyl (C=O) groups excluding carboxylic acids is 2. The number of allylic oxidation sites excluding steroid dienone is 1. The van der Waals surface area contributed by atoms with Gasteiger partial charge in [-0.2, -0.15) is 4.68 Å². The zero-order valence-corrected chi connectivity index (χ0v) is 18.8. The lowest BCUT2D eigenvalue weighted by Gasteiger charge is -2.33. The van der Waals surface area contributed by atoms with Crippen LogP contribution in [0.3, 0.4) is 0 Å². The molecule has 0 unspecified atom stereocenters. The van der Waals surface area contributed by atoms with Crippen molar-refractivity contribution in [3.63, 3.8) is 0 Å². The van der Waals surface area contributed by atoms with E-state index in [0.29, 0.717) is 55.8 Å². The molecule has 0 aromatic carbocycles. The predicted molar refractivity (Wildman–Crippen MR) is 127 cm³/mol. The topological polar surface area (TPSA) is 137 Å². The molecule has 5 heterocycles. The minimum Gasteiger partial charge on any atom is -0.369 e. The van der Waals surface area contributed by atoms with Crippen molar-refractivity contribution in [1.82, 2.24) is 30.1 Å². The standard InChI is InChI=1S/C22H26N10O2/c1-15-3-4-18(25-12-15)32-19(27-22(34)16-13-26-31-6-2-5-24-21(16)31)11-20(28-32)30-9-7-29(8-10-30)14-17(23)33/h2-6,11-12,26H,7-10,13-14H2,1H3,(H2,23,33)(H,27,34). The van der Waals surface area contributed by atoms with Crippen LogP contribution in [0, 0.1) is 6.92 Å². The van der Waals surface area contributed by atoms with Gasteiger partial charge < -0.3 is 16.0 Å². The van der Waals surface area contributed by atoms with Gasteiger partial charge in [0.05, 0.1) is 12.1 Å². The molecule has 0 aliphatic carbocycles. The SMILES string of the molecule is Cc1ccc(-n2nc(N3CCN(CC(N)=O)CC3)cc2NC(=O)C2=C3N=CC=CN3NC2)nc1. The summed E-state index contributed by atoms with van der Waals surface area (Å²) >= 11 is 0. The van der Waals surface area contributed by atoms with Crippen LogP contribution in [-0.2, 0) is 9.59 Å². The molecule has 0 spiro atoms. The maximum absolute atomic E-state index is 13.2. The number of carbonyl (C=O) groups is 2. The number of primary amides is 1. The first-order valence-electron chi connectivity index (χ1n) is 11.0. The number of aliphatic imine (C=N–C) groups is 1. The van der Waals surface area contributed by atoms with E-state index < -0.39 is 0 Å². The number of rotatable bonds is 6. The Morgan fingerprint density at radius 1 is 1.18 bits per heavy atom. The number of nitrogens with one attached hydrogen (secondary N) is 2. The summed E-state index contributed by atoms with van der Waals surface area (Å²) < 4.78 is 1.64. The van der Waals surface area contributed by atoms with Crippen molar-refractivity contribution < 1.29 is 9.59 Å². The Hall–Kier alpha value is -4.03. The van der Waals surface area contributed by atoms with Crippen molar-refractivity contribution in [1.29, 1.82) is 0 Å². The first-order valence-corrected chi connectivity index (χ1v) is 11.0. The van der Waals surface area contributed by atoms with E-state index in [-0.39, 0.29) is 18.4 Å². The van der Waals surface area contributed by atoms with Crippen LogP contribution < -0.4 is 21.4 Å². The molecule has 5 rings (SSSR count). The molecule has 34 heavy (non-hydrogen) atoms. The van der Waals surface area contributed by atoms with Gasteiger partial charge in [-0.05, 0) is 24.6 Å². The van der Waals surface area contributed by atoms with Gasteiger partial charge in [0.15, 0.2) is 17.5 Å². The first kappa shape index (κ1) is 21.8. The zero-order chi connectivity index (χ0) is 23.7. The highest BCUT2D eigenvalue weighted by molar-refractivity contribution is 6.05. The van der Waals surface area contributed by atoms with Gasteiger partial charge in [0.2, 0.25) is 5.91 Å². The van der Waals surface area contributed by atoms with Gasteiger partial charge in [-0.3, -0.25) is 19.5 Å². The first-order chi connectivity index (χ1) is 16.5. The van der Waals surface area contributed by atoms with Gasteiger partial charge in [-0.25, -0.2) is 15.4 Å². The molecule has 12 nitrogen and oxygen atoms in total. The third kappa shape index (κ3) is 4.40. The summed E-state index contributed by atoms with van der Waals surface area (Å²) in [6, 6.07) is 5.66. The minimum absolute atomic E-state index is 0.247. The summed E-state index contributed by atoms with van der Waals surface area (Å²) in [6.07, 6.45) is 7.03. The highest BCUT2D eigenvalue weighted by Crippen LogP contribution is 2.25. The van der Waals surface area contributed by atoms with Crippen LogP contribution in [0.25, 0.3) is 5.82 Å². The number of nitrogens with zero attached hydrogens (tertiary/aromatic N) is 7. The van der Waals surface area contributed by atoms with E-state index in [4.69, 9.17) is 10.8 Å². The fourth-order valence-electron chi connectivity index (χ4n) is 4.07. The lowest BCUT2D eigenvalue weighted by Crippen LogP contribution is -2.49. The zero-order valence-electron chi connectivity index (χ0n) is 18.8. The third-order valence-corrected chi connectivity index (χ3v) is 5.84. The molecule has 4 N–H and O–H groups in total.